The van der Waals surface area contributed by atoms with Crippen LogP contribution in [0.15, 0.2) is 42.5 Å². The number of hydrogen-bond acceptors (Lipinski definition) is 7. The molecule has 0 saturated carbocycles. The molecule has 1 amide bonds. The number of nitrogens with two attached hydrogens (primary N) is 1. The third-order valence-corrected chi connectivity index (χ3v) is 5.67. The van der Waals surface area contributed by atoms with Gasteiger partial charge in [0.25, 0.3) is 5.91 Å². The third-order valence-electron chi connectivity index (χ3n) is 5.67. The molecule has 4 rings (SSSR count). The average Bonchev–Trinajstić information content (AvgIpc) is 2.81. The van der Waals surface area contributed by atoms with Crippen LogP contribution < -0.4 is 20.5 Å². The van der Waals surface area contributed by atoms with E-state index in [9.17, 15) is 4.79 Å². The highest BCUT2D eigenvalue weighted by molar-refractivity contribution is 5.98. The van der Waals surface area contributed by atoms with Crippen molar-refractivity contribution in [3.05, 3.63) is 59.3 Å². The Balaban J connectivity index is 0.00000103. The number of aryl methyl sites for hydroxylation is 2. The van der Waals surface area contributed by atoms with Gasteiger partial charge < -0.3 is 20.5 Å². The lowest BCUT2D eigenvalue weighted by molar-refractivity contribution is -0.191. The zero-order chi connectivity index (χ0) is 24.7. The van der Waals surface area contributed by atoms with Gasteiger partial charge in [0.1, 0.15) is 18.1 Å². The second kappa shape index (κ2) is 11.3. The Hall–Kier alpha value is -3.90. The molecular weight excluding hydrogens is 434 g/mol. The van der Waals surface area contributed by atoms with Gasteiger partial charge in [-0.05, 0) is 55.5 Å². The molecule has 0 aliphatic carbocycles. The summed E-state index contributed by atoms with van der Waals surface area (Å²) in [4.78, 5) is 33.9. The fourth-order valence-electron chi connectivity index (χ4n) is 3.94. The zero-order valence-electron chi connectivity index (χ0n) is 19.6. The van der Waals surface area contributed by atoms with Crippen molar-refractivity contribution >= 4 is 28.6 Å². The molecule has 34 heavy (non-hydrogen) atoms. The number of para-hydroxylation sites is 1. The van der Waals surface area contributed by atoms with E-state index in [2.05, 4.69) is 24.1 Å². The van der Waals surface area contributed by atoms with Crippen LogP contribution in [0.4, 0.5) is 5.69 Å². The van der Waals surface area contributed by atoms with E-state index in [1.165, 1.54) is 0 Å². The molecule has 178 valence electrons. The average molecular weight is 464 g/mol. The van der Waals surface area contributed by atoms with Crippen molar-refractivity contribution in [2.75, 3.05) is 18.9 Å². The van der Waals surface area contributed by atoms with E-state index in [0.29, 0.717) is 36.0 Å². The topological polar surface area (TPSA) is 121 Å². The summed E-state index contributed by atoms with van der Waals surface area (Å²) in [5.74, 6) is 1.41. The highest BCUT2D eigenvalue weighted by atomic mass is 16.5. The quantitative estimate of drug-likeness (QED) is 0.572. The second-order valence-electron chi connectivity index (χ2n) is 8.47. The monoisotopic (exact) mass is 463 g/mol. The van der Waals surface area contributed by atoms with Crippen LogP contribution in [0.2, 0.25) is 0 Å². The van der Waals surface area contributed by atoms with Gasteiger partial charge in [0.2, 0.25) is 0 Å². The number of carbonyl (C=O) groups excluding carboxylic acids is 3. The van der Waals surface area contributed by atoms with E-state index < -0.39 is 0 Å². The van der Waals surface area contributed by atoms with E-state index >= 15 is 0 Å². The summed E-state index contributed by atoms with van der Waals surface area (Å²) in [5.41, 5.74) is 10.2. The number of aromatic nitrogens is 1. The first-order valence-corrected chi connectivity index (χ1v) is 11.2. The minimum absolute atomic E-state index is 0.143. The second-order valence-corrected chi connectivity index (χ2v) is 8.47. The number of anilines is 1. The van der Waals surface area contributed by atoms with Crippen LogP contribution in [0.25, 0.3) is 10.9 Å². The van der Waals surface area contributed by atoms with Crippen LogP contribution in [0.3, 0.4) is 0 Å². The Labute approximate surface area is 198 Å². The molecule has 0 bridgehead atoms. The maximum absolute atomic E-state index is 13.1. The number of rotatable bonds is 6. The molecule has 8 heteroatoms. The number of nitrogens with one attached hydrogen (secondary N) is 1. The van der Waals surface area contributed by atoms with Gasteiger partial charge in [-0.2, -0.15) is 9.59 Å². The Morgan fingerprint density at radius 1 is 1.24 bits per heavy atom. The lowest BCUT2D eigenvalue weighted by atomic mass is 10.0. The van der Waals surface area contributed by atoms with Crippen LogP contribution in [0.1, 0.15) is 41.9 Å². The molecule has 3 N–H and O–H groups in total. The minimum atomic E-state index is -0.179. The van der Waals surface area contributed by atoms with E-state index in [4.69, 9.17) is 24.8 Å². The van der Waals surface area contributed by atoms with Crippen molar-refractivity contribution in [1.82, 2.24) is 10.3 Å². The van der Waals surface area contributed by atoms with Crippen LogP contribution in [-0.4, -0.2) is 36.3 Å². The molecule has 0 saturated heterocycles. The van der Waals surface area contributed by atoms with Crippen LogP contribution in [-0.2, 0) is 16.0 Å². The molecular formula is C26H29N3O5. The molecule has 3 aromatic rings. The van der Waals surface area contributed by atoms with Gasteiger partial charge >= 0.3 is 6.15 Å². The molecule has 1 aliphatic heterocycles. The van der Waals surface area contributed by atoms with Gasteiger partial charge in [0.05, 0.1) is 29.1 Å². The van der Waals surface area contributed by atoms with Crippen molar-refractivity contribution < 1.29 is 23.9 Å². The van der Waals surface area contributed by atoms with Gasteiger partial charge in [-0.25, -0.2) is 0 Å². The zero-order valence-corrected chi connectivity index (χ0v) is 19.6. The van der Waals surface area contributed by atoms with E-state index in [-0.39, 0.29) is 24.0 Å². The minimum Gasteiger partial charge on any atom is -0.492 e. The number of amides is 1. The van der Waals surface area contributed by atoms with Crippen LogP contribution in [0.5, 0.6) is 11.5 Å². The van der Waals surface area contributed by atoms with E-state index in [0.717, 1.165) is 35.0 Å². The molecule has 2 heterocycles. The molecule has 0 radical (unpaired) electrons. The SMILES string of the molecule is Cc1cc(N)c2c(OCC(NC(=O)c3cccc4c3OCCC4)C(C)C)cccc2n1.O=C=O. The lowest BCUT2D eigenvalue weighted by Gasteiger charge is -2.25. The molecule has 1 aromatic heterocycles. The van der Waals surface area contributed by atoms with Crippen molar-refractivity contribution in [1.29, 1.82) is 0 Å². The number of hydrogen-bond donors (Lipinski definition) is 2. The molecule has 1 atom stereocenters. The number of nitrogen functional groups attached to an aromatic ring is 1. The number of nitrogens with zero attached hydrogens (tertiary/aromatic N) is 1. The Kier molecular flexibility index (Phi) is 8.22. The number of pyridine rings is 1. The largest absolute Gasteiger partial charge is 0.492 e. The van der Waals surface area contributed by atoms with E-state index in [1.54, 1.807) is 0 Å². The predicted molar refractivity (Wildman–Crippen MR) is 128 cm³/mol. The Morgan fingerprint density at radius 3 is 2.71 bits per heavy atom. The van der Waals surface area contributed by atoms with E-state index in [1.807, 2.05) is 49.4 Å². The maximum atomic E-state index is 13.1. The van der Waals surface area contributed by atoms with Crippen molar-refractivity contribution in [2.45, 2.75) is 39.7 Å². The number of carbonyl (C=O) groups is 1. The van der Waals surface area contributed by atoms with Crippen LogP contribution >= 0.6 is 0 Å². The third kappa shape index (κ3) is 5.71. The Bertz CT molecular complexity index is 1200. The fraction of sp³-hybridized carbons (Fsp3) is 0.346. The number of ether oxygens (including phenoxy) is 2. The first-order valence-electron chi connectivity index (χ1n) is 11.2. The molecule has 2 aromatic carbocycles. The van der Waals surface area contributed by atoms with Gasteiger partial charge in [0.15, 0.2) is 0 Å². The first-order chi connectivity index (χ1) is 16.3. The molecule has 1 unspecified atom stereocenters. The summed E-state index contributed by atoms with van der Waals surface area (Å²) in [5, 5.41) is 3.93. The van der Waals surface area contributed by atoms with Gasteiger partial charge in [-0.15, -0.1) is 0 Å². The smallest absolute Gasteiger partial charge is 0.373 e. The van der Waals surface area contributed by atoms with Crippen LogP contribution in [0, 0.1) is 12.8 Å². The van der Waals surface area contributed by atoms with Gasteiger partial charge in [-0.3, -0.25) is 9.78 Å². The fourth-order valence-corrected chi connectivity index (χ4v) is 3.94. The summed E-state index contributed by atoms with van der Waals surface area (Å²) < 4.78 is 12.0. The maximum Gasteiger partial charge on any atom is 0.373 e. The van der Waals surface area contributed by atoms with Gasteiger partial charge in [-0.1, -0.05) is 32.0 Å². The summed E-state index contributed by atoms with van der Waals surface area (Å²) in [7, 11) is 0. The lowest BCUT2D eigenvalue weighted by Crippen LogP contribution is -2.43. The molecule has 8 nitrogen and oxygen atoms in total. The summed E-state index contributed by atoms with van der Waals surface area (Å²) in [6.07, 6.45) is 2.16. The highest BCUT2D eigenvalue weighted by Gasteiger charge is 2.23. The van der Waals surface area contributed by atoms with Crippen molar-refractivity contribution in [2.24, 2.45) is 5.92 Å². The summed E-state index contributed by atoms with van der Waals surface area (Å²) >= 11 is 0. The first kappa shape index (κ1) is 24.7. The molecule has 1 aliphatic rings. The highest BCUT2D eigenvalue weighted by Crippen LogP contribution is 2.31. The van der Waals surface area contributed by atoms with Gasteiger partial charge in [0, 0.05) is 11.4 Å². The standard InChI is InChI=1S/C25H29N3O3.CO2/c1-15(2)21(28-25(29)18-9-4-7-17-8-6-12-30-24(17)18)14-31-22-11-5-10-20-23(22)19(26)13-16(3)27-20;2-1-3/h4-5,7,9-11,13,15,21H,6,8,12,14H2,1-3H3,(H2,26,27)(H,28,29);. The summed E-state index contributed by atoms with van der Waals surface area (Å²) in [6.45, 7) is 7.01. The van der Waals surface area contributed by atoms with Crippen molar-refractivity contribution in [3.63, 3.8) is 0 Å². The Morgan fingerprint density at radius 2 is 1.97 bits per heavy atom. The molecule has 0 spiro atoms. The number of fused-ring (bicyclic) bond motifs is 2. The predicted octanol–water partition coefficient (Wildman–Crippen LogP) is 3.70. The molecule has 0 fully saturated rings. The normalized spacial score (nSPS) is 13.1. The number of benzene rings is 2. The van der Waals surface area contributed by atoms with Crippen molar-refractivity contribution in [3.8, 4) is 11.5 Å². The summed E-state index contributed by atoms with van der Waals surface area (Å²) in [6, 6.07) is 13.1.